The van der Waals surface area contributed by atoms with Gasteiger partial charge in [0.15, 0.2) is 0 Å². The molecule has 3 aliphatic carbocycles. The Morgan fingerprint density at radius 1 is 0.840 bits per heavy atom. The number of hydrogen-bond donors (Lipinski definition) is 0. The minimum Gasteiger partial charge on any atom is -0.327 e. The topological polar surface area (TPSA) is 28.0 Å². The molecule has 0 fully saturated rings. The molecule has 0 saturated carbocycles. The van der Waals surface area contributed by atoms with Crippen LogP contribution in [0.25, 0.3) is 39.1 Å². The minimum absolute atomic E-state index is 0.0479. The zero-order valence-corrected chi connectivity index (χ0v) is 28.7. The Morgan fingerprint density at radius 3 is 2.46 bits per heavy atom. The fourth-order valence-electron chi connectivity index (χ4n) is 7.59. The zero-order valence-electron chi connectivity index (χ0n) is 28.7. The van der Waals surface area contributed by atoms with E-state index in [-0.39, 0.29) is 5.41 Å². The number of aliphatic imine (C=N–C) groups is 2. The van der Waals surface area contributed by atoms with Gasteiger partial charge in [0.2, 0.25) is 0 Å². The highest BCUT2D eigenvalue weighted by molar-refractivity contribution is 5.93. The van der Waals surface area contributed by atoms with E-state index in [9.17, 15) is 0 Å². The molecule has 0 saturated heterocycles. The van der Waals surface area contributed by atoms with Crippen molar-refractivity contribution in [3.8, 4) is 22.3 Å². The lowest BCUT2D eigenvalue weighted by molar-refractivity contribution is 0.655. The normalized spacial score (nSPS) is 17.8. The number of rotatable bonds is 7. The number of fused-ring (bicyclic) bond motifs is 3. The van der Waals surface area contributed by atoms with Crippen LogP contribution in [-0.4, -0.2) is 19.6 Å². The smallest absolute Gasteiger partial charge is 0.114 e. The maximum atomic E-state index is 4.88. The van der Waals surface area contributed by atoms with Gasteiger partial charge in [0, 0.05) is 29.0 Å². The number of nitrogens with zero attached hydrogens (tertiary/aromatic N) is 3. The maximum Gasteiger partial charge on any atom is 0.114 e. The van der Waals surface area contributed by atoms with E-state index >= 15 is 0 Å². The molecule has 8 rings (SSSR count). The molecule has 50 heavy (non-hydrogen) atoms. The van der Waals surface area contributed by atoms with E-state index in [1.54, 1.807) is 0 Å². The fraction of sp³-hybridized carbons (Fsp3) is 0.128. The first-order valence-electron chi connectivity index (χ1n) is 17.3. The molecule has 1 aliphatic heterocycles. The third-order valence-corrected chi connectivity index (χ3v) is 10.4. The zero-order chi connectivity index (χ0) is 34.2. The summed E-state index contributed by atoms with van der Waals surface area (Å²) in [4.78, 5) is 11.5. The average molecular weight is 646 g/mol. The van der Waals surface area contributed by atoms with Crippen LogP contribution in [0.5, 0.6) is 0 Å². The second-order valence-corrected chi connectivity index (χ2v) is 13.7. The Kier molecular flexibility index (Phi) is 7.99. The molecule has 0 spiro atoms. The van der Waals surface area contributed by atoms with Gasteiger partial charge in [-0.3, -0.25) is 9.98 Å². The Hall–Kier alpha value is -6.02. The molecule has 4 aromatic rings. The largest absolute Gasteiger partial charge is 0.327 e. The summed E-state index contributed by atoms with van der Waals surface area (Å²) in [5.41, 5.74) is 20.8. The lowest BCUT2D eigenvalue weighted by Crippen LogP contribution is -2.19. The third kappa shape index (κ3) is 5.52. The molecule has 4 aromatic carbocycles. The highest BCUT2D eigenvalue weighted by atomic mass is 15.2. The first kappa shape index (κ1) is 31.3. The van der Waals surface area contributed by atoms with Crippen molar-refractivity contribution in [1.29, 1.82) is 0 Å². The molecule has 1 heterocycles. The summed E-state index contributed by atoms with van der Waals surface area (Å²) < 4.78 is 0. The monoisotopic (exact) mass is 645 g/mol. The molecule has 3 nitrogen and oxygen atoms in total. The van der Waals surface area contributed by atoms with Crippen LogP contribution in [0.2, 0.25) is 0 Å². The predicted octanol–water partition coefficient (Wildman–Crippen LogP) is 11.6. The van der Waals surface area contributed by atoms with E-state index < -0.39 is 0 Å². The van der Waals surface area contributed by atoms with E-state index in [1.165, 1.54) is 44.5 Å². The Labute approximate surface area is 295 Å². The molecule has 3 heteroatoms. The van der Waals surface area contributed by atoms with Crippen LogP contribution in [-0.2, 0) is 5.41 Å². The van der Waals surface area contributed by atoms with Gasteiger partial charge < -0.3 is 4.90 Å². The Balaban J connectivity index is 1.07. The molecular weight excluding hydrogens is 607 g/mol. The van der Waals surface area contributed by atoms with Crippen molar-refractivity contribution in [2.75, 3.05) is 11.6 Å². The highest BCUT2D eigenvalue weighted by Gasteiger charge is 2.37. The number of benzene rings is 4. The summed E-state index contributed by atoms with van der Waals surface area (Å²) in [5, 5.41) is 0. The molecule has 0 unspecified atom stereocenters. The number of allylic oxidation sites excluding steroid dienone is 10. The molecule has 0 atom stereocenters. The Morgan fingerprint density at radius 2 is 1.62 bits per heavy atom. The summed E-state index contributed by atoms with van der Waals surface area (Å²) in [7, 11) is 0. The van der Waals surface area contributed by atoms with Crippen molar-refractivity contribution in [2.24, 2.45) is 9.98 Å². The van der Waals surface area contributed by atoms with Gasteiger partial charge in [-0.25, -0.2) is 0 Å². The molecular formula is C47H39N3. The van der Waals surface area contributed by atoms with Crippen molar-refractivity contribution >= 4 is 35.5 Å². The van der Waals surface area contributed by atoms with Crippen LogP contribution < -0.4 is 4.90 Å². The van der Waals surface area contributed by atoms with Crippen molar-refractivity contribution in [3.63, 3.8) is 0 Å². The summed E-state index contributed by atoms with van der Waals surface area (Å²) in [6.07, 6.45) is 18.9. The van der Waals surface area contributed by atoms with E-state index in [1.807, 2.05) is 18.4 Å². The molecule has 0 amide bonds. The van der Waals surface area contributed by atoms with Gasteiger partial charge in [0.05, 0.1) is 11.4 Å². The molecule has 0 aromatic heterocycles. The lowest BCUT2D eigenvalue weighted by atomic mass is 9.80. The molecule has 4 aliphatic rings. The molecule has 242 valence electrons. The van der Waals surface area contributed by atoms with Crippen LogP contribution >= 0.6 is 0 Å². The van der Waals surface area contributed by atoms with Crippen LogP contribution in [0.4, 0.5) is 5.69 Å². The molecule has 0 bridgehead atoms. The first-order chi connectivity index (χ1) is 24.4. The predicted molar refractivity (Wildman–Crippen MR) is 213 cm³/mol. The van der Waals surface area contributed by atoms with E-state index in [4.69, 9.17) is 4.99 Å². The van der Waals surface area contributed by atoms with Gasteiger partial charge in [0.1, 0.15) is 6.67 Å². The second-order valence-electron chi connectivity index (χ2n) is 13.7. The lowest BCUT2D eigenvalue weighted by Gasteiger charge is -2.28. The number of anilines is 1. The fourth-order valence-corrected chi connectivity index (χ4v) is 7.59. The second kappa shape index (κ2) is 12.8. The van der Waals surface area contributed by atoms with E-state index in [2.05, 4.69) is 164 Å². The van der Waals surface area contributed by atoms with Crippen molar-refractivity contribution < 1.29 is 0 Å². The Bertz CT molecular complexity index is 2330. The summed E-state index contributed by atoms with van der Waals surface area (Å²) in [5.74, 6) is 0. The first-order valence-corrected chi connectivity index (χ1v) is 17.3. The van der Waals surface area contributed by atoms with Crippen LogP contribution in [0.1, 0.15) is 48.9 Å². The quantitative estimate of drug-likeness (QED) is 0.145. The highest BCUT2D eigenvalue weighted by Crippen LogP contribution is 2.49. The third-order valence-electron chi connectivity index (χ3n) is 10.4. The van der Waals surface area contributed by atoms with Gasteiger partial charge in [-0.05, 0) is 123 Å². The average Bonchev–Trinajstić information content (AvgIpc) is 3.73. The van der Waals surface area contributed by atoms with Crippen molar-refractivity contribution in [3.05, 3.63) is 185 Å². The van der Waals surface area contributed by atoms with Crippen LogP contribution in [0.15, 0.2) is 173 Å². The van der Waals surface area contributed by atoms with Gasteiger partial charge in [0.25, 0.3) is 0 Å². The van der Waals surface area contributed by atoms with Crippen LogP contribution in [0, 0.1) is 0 Å². The summed E-state index contributed by atoms with van der Waals surface area (Å²) in [6, 6.07) is 32.5. The van der Waals surface area contributed by atoms with Gasteiger partial charge in [-0.15, -0.1) is 5.73 Å². The van der Waals surface area contributed by atoms with Gasteiger partial charge >= 0.3 is 0 Å². The SMILES string of the molecule is C=N/C(=C\C=N/CN1/C=C\C2=C(C=CCC2)C(=C)c2ccc(-c3ccccc3)cc21)c1cccc(-c2ccc3c(c2)C(C)(C)C2=C3C=C=C2)c1. The molecule has 0 radical (unpaired) electrons. The van der Waals surface area contributed by atoms with E-state index in [0.29, 0.717) is 6.67 Å². The van der Waals surface area contributed by atoms with Gasteiger partial charge in [-0.2, -0.15) is 0 Å². The molecule has 0 N–H and O–H groups in total. The van der Waals surface area contributed by atoms with Gasteiger partial charge in [-0.1, -0.05) is 105 Å². The van der Waals surface area contributed by atoms with E-state index in [0.717, 1.165) is 52.1 Å². The van der Waals surface area contributed by atoms with Crippen molar-refractivity contribution in [1.82, 2.24) is 0 Å². The minimum atomic E-state index is -0.0479. The summed E-state index contributed by atoms with van der Waals surface area (Å²) in [6.45, 7) is 13.5. The van der Waals surface area contributed by atoms with Crippen LogP contribution in [0.3, 0.4) is 0 Å². The standard InChI is InChI=1S/C47H39N3/c1-32-39-17-9-8-14-34(39)25-27-50(46-30-37(20-22-40(32)46)33-12-6-5-7-13-33)31-49-26-24-45(48-4)38-16-10-15-35(28-38)36-21-23-42-41-18-11-19-43(41)47(2,3)44(42)29-36/h5-7,9-10,12-13,15-30H,1,4,8,14,31H2,2-3H3/b27-25-,45-24-,49-26-. The summed E-state index contributed by atoms with van der Waals surface area (Å²) >= 11 is 0. The van der Waals surface area contributed by atoms with Crippen molar-refractivity contribution in [2.45, 2.75) is 32.1 Å². The number of hydrogen-bond acceptors (Lipinski definition) is 3. The maximum absolute atomic E-state index is 4.88.